The highest BCUT2D eigenvalue weighted by molar-refractivity contribution is 7.99. The minimum Gasteiger partial charge on any atom is -0.395 e. The summed E-state index contributed by atoms with van der Waals surface area (Å²) in [7, 11) is 0. The molecule has 0 radical (unpaired) electrons. The molecule has 3 N–H and O–H groups in total. The summed E-state index contributed by atoms with van der Waals surface area (Å²) in [5, 5.41) is 16.1. The van der Waals surface area contributed by atoms with Gasteiger partial charge < -0.3 is 15.7 Å². The maximum atomic E-state index is 9.35. The van der Waals surface area contributed by atoms with Crippen molar-refractivity contribution in [2.24, 2.45) is 0 Å². The number of thioether (sulfide) groups is 1. The summed E-state index contributed by atoms with van der Waals surface area (Å²) in [5.74, 6) is 2.74. The number of aromatic nitrogens is 2. The maximum absolute atomic E-state index is 9.35. The molecule has 0 aromatic carbocycles. The van der Waals surface area contributed by atoms with Gasteiger partial charge in [-0.15, -0.1) is 0 Å². The minimum absolute atomic E-state index is 0.138. The van der Waals surface area contributed by atoms with Crippen LogP contribution in [0.2, 0.25) is 0 Å². The average molecular weight is 298 g/mol. The van der Waals surface area contributed by atoms with E-state index in [0.717, 1.165) is 24.0 Å². The summed E-state index contributed by atoms with van der Waals surface area (Å²) in [6.45, 7) is 9.24. The first kappa shape index (κ1) is 17.0. The smallest absolute Gasteiger partial charge is 0.135 e. The van der Waals surface area contributed by atoms with E-state index in [2.05, 4.69) is 41.4 Å². The lowest BCUT2D eigenvalue weighted by Crippen LogP contribution is -2.31. The monoisotopic (exact) mass is 298 g/mol. The Labute approximate surface area is 126 Å². The van der Waals surface area contributed by atoms with E-state index in [9.17, 15) is 5.11 Å². The van der Waals surface area contributed by atoms with Gasteiger partial charge in [-0.25, -0.2) is 9.97 Å². The first-order chi connectivity index (χ1) is 9.51. The van der Waals surface area contributed by atoms with Crippen molar-refractivity contribution >= 4 is 23.4 Å². The predicted octanol–water partition coefficient (Wildman–Crippen LogP) is 2.56. The summed E-state index contributed by atoms with van der Waals surface area (Å²) in [5.41, 5.74) is 0. The van der Waals surface area contributed by atoms with E-state index >= 15 is 0 Å². The molecule has 0 aliphatic heterocycles. The van der Waals surface area contributed by atoms with Crippen molar-refractivity contribution in [3.05, 3.63) is 11.9 Å². The van der Waals surface area contributed by atoms with Crippen LogP contribution in [0.4, 0.5) is 11.6 Å². The average Bonchev–Trinajstić information content (AvgIpc) is 2.40. The van der Waals surface area contributed by atoms with Gasteiger partial charge in [-0.3, -0.25) is 0 Å². The number of aliphatic hydroxyl groups excluding tert-OH is 1. The van der Waals surface area contributed by atoms with Gasteiger partial charge in [-0.1, -0.05) is 13.8 Å². The topological polar surface area (TPSA) is 70.1 Å². The minimum atomic E-state index is 0.138. The molecule has 1 rings (SSSR count). The molecule has 1 aromatic rings. The van der Waals surface area contributed by atoms with E-state index < -0.39 is 0 Å². The van der Waals surface area contributed by atoms with Gasteiger partial charge in [-0.2, -0.15) is 11.8 Å². The maximum Gasteiger partial charge on any atom is 0.135 e. The fourth-order valence-corrected chi connectivity index (χ4v) is 2.46. The Morgan fingerprint density at radius 1 is 1.25 bits per heavy atom. The van der Waals surface area contributed by atoms with Crippen molar-refractivity contribution in [2.75, 3.05) is 30.0 Å². The Balaban J connectivity index is 2.92. The summed E-state index contributed by atoms with van der Waals surface area (Å²) < 4.78 is 0. The zero-order valence-electron chi connectivity index (χ0n) is 13.0. The van der Waals surface area contributed by atoms with Crippen LogP contribution in [-0.2, 0) is 0 Å². The van der Waals surface area contributed by atoms with Crippen LogP contribution in [0.3, 0.4) is 0 Å². The number of anilines is 2. The van der Waals surface area contributed by atoms with Crippen molar-refractivity contribution in [1.29, 1.82) is 0 Å². The van der Waals surface area contributed by atoms with Crippen LogP contribution < -0.4 is 10.6 Å². The molecule has 1 aromatic heterocycles. The zero-order valence-corrected chi connectivity index (χ0v) is 13.8. The SMILES string of the molecule is CCNc1cc(NC(C)C(CO)SC)nc(C(C)C)n1. The van der Waals surface area contributed by atoms with Crippen LogP contribution in [0.25, 0.3) is 0 Å². The highest BCUT2D eigenvalue weighted by atomic mass is 32.2. The first-order valence-corrected chi connectivity index (χ1v) is 8.33. The Hall–Kier alpha value is -1.01. The molecule has 6 heteroatoms. The zero-order chi connectivity index (χ0) is 15.1. The highest BCUT2D eigenvalue weighted by Gasteiger charge is 2.16. The third-order valence-electron chi connectivity index (χ3n) is 3.03. The number of nitrogens with one attached hydrogen (secondary N) is 2. The number of hydrogen-bond acceptors (Lipinski definition) is 6. The predicted molar refractivity (Wildman–Crippen MR) is 87.8 cm³/mol. The highest BCUT2D eigenvalue weighted by Crippen LogP contribution is 2.20. The van der Waals surface area contributed by atoms with E-state index in [0.29, 0.717) is 0 Å². The molecular formula is C14H26N4OS. The number of aliphatic hydroxyl groups is 1. The fourth-order valence-electron chi connectivity index (χ4n) is 1.83. The van der Waals surface area contributed by atoms with Gasteiger partial charge in [-0.05, 0) is 20.1 Å². The molecule has 2 atom stereocenters. The van der Waals surface area contributed by atoms with Crippen molar-refractivity contribution in [3.8, 4) is 0 Å². The standard InChI is InChI=1S/C14H26N4OS/c1-6-15-12-7-13(18-14(17-12)9(2)3)16-10(4)11(8-19)20-5/h7,9-11,19H,6,8H2,1-5H3,(H2,15,16,17,18). The molecule has 0 aliphatic carbocycles. The lowest BCUT2D eigenvalue weighted by Gasteiger charge is -2.22. The van der Waals surface area contributed by atoms with Crippen molar-refractivity contribution in [1.82, 2.24) is 9.97 Å². The lowest BCUT2D eigenvalue weighted by atomic mass is 10.2. The van der Waals surface area contributed by atoms with E-state index in [4.69, 9.17) is 0 Å². The fraction of sp³-hybridized carbons (Fsp3) is 0.714. The van der Waals surface area contributed by atoms with Gasteiger partial charge in [0.15, 0.2) is 0 Å². The van der Waals surface area contributed by atoms with Crippen LogP contribution in [0.15, 0.2) is 6.07 Å². The number of rotatable bonds is 8. The van der Waals surface area contributed by atoms with Crippen LogP contribution in [0.5, 0.6) is 0 Å². The van der Waals surface area contributed by atoms with Gasteiger partial charge in [0, 0.05) is 29.8 Å². The van der Waals surface area contributed by atoms with Crippen LogP contribution in [0, 0.1) is 0 Å². The summed E-state index contributed by atoms with van der Waals surface area (Å²) in [4.78, 5) is 9.05. The van der Waals surface area contributed by atoms with E-state index in [1.54, 1.807) is 11.8 Å². The molecule has 2 unspecified atom stereocenters. The van der Waals surface area contributed by atoms with Gasteiger partial charge >= 0.3 is 0 Å². The molecule has 0 amide bonds. The van der Waals surface area contributed by atoms with Crippen LogP contribution in [0.1, 0.15) is 39.4 Å². The third-order valence-corrected chi connectivity index (χ3v) is 4.20. The molecule has 5 nitrogen and oxygen atoms in total. The second-order valence-electron chi connectivity index (χ2n) is 5.07. The quantitative estimate of drug-likeness (QED) is 0.685. The van der Waals surface area contributed by atoms with E-state index in [1.165, 1.54) is 0 Å². The summed E-state index contributed by atoms with van der Waals surface area (Å²) >= 11 is 1.65. The summed E-state index contributed by atoms with van der Waals surface area (Å²) in [6.07, 6.45) is 2.00. The molecule has 0 saturated heterocycles. The molecule has 20 heavy (non-hydrogen) atoms. The molecular weight excluding hydrogens is 272 g/mol. The molecule has 0 saturated carbocycles. The molecule has 0 bridgehead atoms. The van der Waals surface area contributed by atoms with Crippen molar-refractivity contribution in [3.63, 3.8) is 0 Å². The molecule has 0 spiro atoms. The van der Waals surface area contributed by atoms with Gasteiger partial charge in [0.1, 0.15) is 17.5 Å². The van der Waals surface area contributed by atoms with E-state index in [-0.39, 0.29) is 23.8 Å². The second kappa shape index (κ2) is 8.32. The number of hydrogen-bond donors (Lipinski definition) is 3. The molecule has 0 fully saturated rings. The van der Waals surface area contributed by atoms with Gasteiger partial charge in [0.2, 0.25) is 0 Å². The second-order valence-corrected chi connectivity index (χ2v) is 6.15. The van der Waals surface area contributed by atoms with Gasteiger partial charge in [0.05, 0.1) is 6.61 Å². The normalized spacial score (nSPS) is 14.2. The van der Waals surface area contributed by atoms with Crippen LogP contribution >= 0.6 is 11.8 Å². The first-order valence-electron chi connectivity index (χ1n) is 7.04. The third kappa shape index (κ3) is 4.83. The lowest BCUT2D eigenvalue weighted by molar-refractivity contribution is 0.288. The number of nitrogens with zero attached hydrogens (tertiary/aromatic N) is 2. The summed E-state index contributed by atoms with van der Waals surface area (Å²) in [6, 6.07) is 2.06. The Morgan fingerprint density at radius 2 is 1.90 bits per heavy atom. The molecule has 1 heterocycles. The Bertz CT molecular complexity index is 410. The van der Waals surface area contributed by atoms with E-state index in [1.807, 2.05) is 19.2 Å². The Morgan fingerprint density at radius 3 is 2.40 bits per heavy atom. The van der Waals surface area contributed by atoms with Crippen LogP contribution in [-0.4, -0.2) is 45.8 Å². The van der Waals surface area contributed by atoms with Gasteiger partial charge in [0.25, 0.3) is 0 Å². The Kier molecular flexibility index (Phi) is 7.09. The molecule has 114 valence electrons. The van der Waals surface area contributed by atoms with Crippen molar-refractivity contribution in [2.45, 2.75) is 44.9 Å². The molecule has 0 aliphatic rings. The largest absolute Gasteiger partial charge is 0.395 e. The van der Waals surface area contributed by atoms with Crippen molar-refractivity contribution < 1.29 is 5.11 Å².